The average Bonchev–Trinajstić information content (AvgIpc) is 3.37. The molecule has 5 N–H and O–H groups in total. The van der Waals surface area contributed by atoms with Gasteiger partial charge in [-0.25, -0.2) is 24.7 Å². The minimum absolute atomic E-state index is 0.0882. The summed E-state index contributed by atoms with van der Waals surface area (Å²) in [5, 5.41) is 9.29. The van der Waals surface area contributed by atoms with Crippen LogP contribution in [0.25, 0.3) is 27.8 Å². The molecular weight excluding hydrogens is 544 g/mol. The number of anilines is 2. The molecule has 0 fully saturated rings. The van der Waals surface area contributed by atoms with Gasteiger partial charge < -0.3 is 21.1 Å². The van der Waals surface area contributed by atoms with Crippen LogP contribution in [0.2, 0.25) is 0 Å². The van der Waals surface area contributed by atoms with Gasteiger partial charge in [-0.3, -0.25) is 9.36 Å². The second-order valence-electron chi connectivity index (χ2n) is 10.5. The van der Waals surface area contributed by atoms with Gasteiger partial charge in [-0.2, -0.15) is 0 Å². The van der Waals surface area contributed by atoms with Crippen LogP contribution in [0.15, 0.2) is 78.1 Å². The van der Waals surface area contributed by atoms with Crippen molar-refractivity contribution in [3.8, 4) is 5.69 Å². The van der Waals surface area contributed by atoms with Crippen LogP contribution >= 0.6 is 0 Å². The molecule has 3 aromatic heterocycles. The summed E-state index contributed by atoms with van der Waals surface area (Å²) in [5.41, 5.74) is 17.1. The molecule has 0 aliphatic rings. The van der Waals surface area contributed by atoms with Crippen molar-refractivity contribution in [1.29, 1.82) is 0 Å². The van der Waals surface area contributed by atoms with Gasteiger partial charge in [-0.05, 0) is 54.7 Å². The van der Waals surface area contributed by atoms with E-state index in [0.29, 0.717) is 51.5 Å². The quantitative estimate of drug-likeness (QED) is 0.243. The highest BCUT2D eigenvalue weighted by atomic mass is 16.4. The Labute approximate surface area is 247 Å². The molecule has 11 heteroatoms. The smallest absolute Gasteiger partial charge is 0.338 e. The second-order valence-corrected chi connectivity index (χ2v) is 10.5. The number of imidazole rings is 1. The Morgan fingerprint density at radius 1 is 0.930 bits per heavy atom. The average molecular weight is 577 g/mol. The Kier molecular flexibility index (Phi) is 7.89. The molecule has 0 amide bonds. The summed E-state index contributed by atoms with van der Waals surface area (Å²) in [5.74, 6) is 0.178. The number of hydrogen-bond donors (Lipinski definition) is 3. The van der Waals surface area contributed by atoms with Crippen LogP contribution in [0.1, 0.15) is 52.6 Å². The molecule has 11 nitrogen and oxygen atoms in total. The van der Waals surface area contributed by atoms with E-state index in [-0.39, 0.29) is 17.0 Å². The van der Waals surface area contributed by atoms with Crippen LogP contribution in [0.3, 0.4) is 0 Å². The van der Waals surface area contributed by atoms with E-state index in [4.69, 9.17) is 21.6 Å². The standard InChI is InChI=1S/C24H23N7O.C8H9NO2/c1-14(2)16-8-4-5-10-18(16)31-19(29-17-9-6-7-15(3)20(17)24(31)32)11-30-13-28-21-22(25)26-12-27-23(21)30;1-5-3-2-4-6(9)7(5)8(10)11/h4-10,12-14H,11H2,1-3H3,(H2,25,26,27);2-4H,9H2,1H3,(H,10,11). The number of aromatic nitrogens is 6. The lowest BCUT2D eigenvalue weighted by Crippen LogP contribution is -2.27. The predicted molar refractivity (Wildman–Crippen MR) is 168 cm³/mol. The molecule has 3 aromatic carbocycles. The highest BCUT2D eigenvalue weighted by molar-refractivity contribution is 5.95. The Morgan fingerprint density at radius 3 is 2.35 bits per heavy atom. The fourth-order valence-electron chi connectivity index (χ4n) is 5.13. The summed E-state index contributed by atoms with van der Waals surface area (Å²) < 4.78 is 3.56. The molecule has 6 aromatic rings. The number of nitrogen functional groups attached to an aromatic ring is 2. The largest absolute Gasteiger partial charge is 0.478 e. The van der Waals surface area contributed by atoms with Crippen molar-refractivity contribution >= 4 is 39.5 Å². The highest BCUT2D eigenvalue weighted by Crippen LogP contribution is 2.25. The molecule has 6 rings (SSSR count). The van der Waals surface area contributed by atoms with E-state index in [1.54, 1.807) is 36.0 Å². The van der Waals surface area contributed by atoms with Gasteiger partial charge in [0.05, 0.1) is 35.0 Å². The molecule has 3 heterocycles. The van der Waals surface area contributed by atoms with E-state index in [0.717, 1.165) is 16.8 Å². The number of carboxylic acid groups (broad SMARTS) is 1. The van der Waals surface area contributed by atoms with Gasteiger partial charge in [0.2, 0.25) is 0 Å². The Balaban J connectivity index is 0.000000283. The zero-order chi connectivity index (χ0) is 30.8. The van der Waals surface area contributed by atoms with Crippen LogP contribution in [0, 0.1) is 13.8 Å². The number of benzene rings is 3. The normalized spacial score (nSPS) is 11.1. The van der Waals surface area contributed by atoms with Crippen molar-refractivity contribution in [1.82, 2.24) is 29.1 Å². The maximum absolute atomic E-state index is 13.8. The third-order valence-corrected chi connectivity index (χ3v) is 7.24. The summed E-state index contributed by atoms with van der Waals surface area (Å²) in [4.78, 5) is 42.0. The number of nitrogens with zero attached hydrogens (tertiary/aromatic N) is 6. The minimum Gasteiger partial charge on any atom is -0.478 e. The number of fused-ring (bicyclic) bond motifs is 2. The number of aromatic carboxylic acids is 1. The molecule has 0 aliphatic heterocycles. The van der Waals surface area contributed by atoms with Crippen LogP contribution in [-0.4, -0.2) is 40.1 Å². The molecule has 0 saturated carbocycles. The molecule has 0 saturated heterocycles. The van der Waals surface area contributed by atoms with E-state index >= 15 is 0 Å². The van der Waals surface area contributed by atoms with Crippen LogP contribution < -0.4 is 17.0 Å². The maximum atomic E-state index is 13.8. The monoisotopic (exact) mass is 576 g/mol. The number of nitrogens with two attached hydrogens (primary N) is 2. The first-order valence-electron chi connectivity index (χ1n) is 13.7. The van der Waals surface area contributed by atoms with Gasteiger partial charge in [-0.15, -0.1) is 0 Å². The van der Waals surface area contributed by atoms with Crippen molar-refractivity contribution < 1.29 is 9.90 Å². The van der Waals surface area contributed by atoms with Crippen LogP contribution in [-0.2, 0) is 6.54 Å². The van der Waals surface area contributed by atoms with Crippen LogP contribution in [0.5, 0.6) is 0 Å². The summed E-state index contributed by atoms with van der Waals surface area (Å²) in [6.07, 6.45) is 3.06. The zero-order valence-electron chi connectivity index (χ0n) is 24.3. The van der Waals surface area contributed by atoms with Crippen molar-refractivity contribution in [2.75, 3.05) is 11.5 Å². The second kappa shape index (κ2) is 11.7. The molecule has 0 bridgehead atoms. The van der Waals surface area contributed by atoms with E-state index in [2.05, 4.69) is 34.9 Å². The fraction of sp³-hybridized carbons (Fsp3) is 0.188. The topological polar surface area (TPSA) is 168 Å². The highest BCUT2D eigenvalue weighted by Gasteiger charge is 2.19. The number of carbonyl (C=O) groups is 1. The van der Waals surface area contributed by atoms with Crippen molar-refractivity contribution in [2.45, 2.75) is 40.2 Å². The summed E-state index contributed by atoms with van der Waals surface area (Å²) >= 11 is 0. The lowest BCUT2D eigenvalue weighted by Gasteiger charge is -2.19. The molecule has 0 atom stereocenters. The molecule has 0 radical (unpaired) electrons. The van der Waals surface area contributed by atoms with Gasteiger partial charge in [-0.1, -0.05) is 56.3 Å². The van der Waals surface area contributed by atoms with Gasteiger partial charge in [0.25, 0.3) is 5.56 Å². The number of carboxylic acids is 1. The number of para-hydroxylation sites is 1. The number of rotatable bonds is 5. The van der Waals surface area contributed by atoms with E-state index in [1.165, 1.54) is 6.33 Å². The van der Waals surface area contributed by atoms with Crippen molar-refractivity contribution in [3.63, 3.8) is 0 Å². The predicted octanol–water partition coefficient (Wildman–Crippen LogP) is 4.86. The summed E-state index contributed by atoms with van der Waals surface area (Å²) in [6, 6.07) is 18.7. The Hall–Kier alpha value is -5.58. The van der Waals surface area contributed by atoms with Gasteiger partial charge in [0.15, 0.2) is 11.5 Å². The summed E-state index contributed by atoms with van der Waals surface area (Å²) in [7, 11) is 0. The zero-order valence-corrected chi connectivity index (χ0v) is 24.3. The third-order valence-electron chi connectivity index (χ3n) is 7.24. The number of aryl methyl sites for hydroxylation is 2. The minimum atomic E-state index is -0.972. The lowest BCUT2D eigenvalue weighted by molar-refractivity contribution is 0.0697. The van der Waals surface area contributed by atoms with E-state index in [1.807, 2.05) is 47.9 Å². The molecule has 0 spiro atoms. The first kappa shape index (κ1) is 28.9. The SMILES string of the molecule is Cc1cccc(N)c1C(=O)O.Cc1cccc2nc(Cn3cnc4c(N)ncnc43)n(-c3ccccc3C(C)C)c(=O)c12. The maximum Gasteiger partial charge on any atom is 0.338 e. The third kappa shape index (κ3) is 5.52. The Morgan fingerprint density at radius 2 is 1.65 bits per heavy atom. The first-order valence-corrected chi connectivity index (χ1v) is 13.7. The van der Waals surface area contributed by atoms with Crippen molar-refractivity contribution in [3.05, 3.63) is 112 Å². The number of hydrogen-bond acceptors (Lipinski definition) is 8. The first-order chi connectivity index (χ1) is 20.6. The fourth-order valence-corrected chi connectivity index (χ4v) is 5.13. The van der Waals surface area contributed by atoms with Gasteiger partial charge in [0.1, 0.15) is 17.7 Å². The molecule has 0 unspecified atom stereocenters. The van der Waals surface area contributed by atoms with Gasteiger partial charge >= 0.3 is 5.97 Å². The van der Waals surface area contributed by atoms with Crippen LogP contribution in [0.4, 0.5) is 11.5 Å². The lowest BCUT2D eigenvalue weighted by atomic mass is 10.0. The molecule has 43 heavy (non-hydrogen) atoms. The Bertz CT molecular complexity index is 2020. The van der Waals surface area contributed by atoms with E-state index in [9.17, 15) is 9.59 Å². The molecular formula is C32H32N8O3. The summed E-state index contributed by atoms with van der Waals surface area (Å²) in [6.45, 7) is 8.20. The molecule has 0 aliphatic carbocycles. The van der Waals surface area contributed by atoms with Crippen molar-refractivity contribution in [2.24, 2.45) is 0 Å². The van der Waals surface area contributed by atoms with Gasteiger partial charge in [0, 0.05) is 5.69 Å². The molecule has 218 valence electrons. The van der Waals surface area contributed by atoms with E-state index < -0.39 is 5.97 Å².